The van der Waals surface area contributed by atoms with E-state index in [2.05, 4.69) is 24.1 Å². The molecule has 1 saturated carbocycles. The van der Waals surface area contributed by atoms with Gasteiger partial charge in [-0.15, -0.1) is 0 Å². The fourth-order valence-electron chi connectivity index (χ4n) is 3.60. The molecule has 1 aliphatic carbocycles. The van der Waals surface area contributed by atoms with E-state index in [0.717, 1.165) is 22.5 Å². The van der Waals surface area contributed by atoms with Crippen LogP contribution in [0.25, 0.3) is 10.9 Å². The number of carbonyl (C=O) groups excluding carboxylic acids is 1. The lowest BCUT2D eigenvalue weighted by Crippen LogP contribution is -2.18. The van der Waals surface area contributed by atoms with Crippen LogP contribution in [0.15, 0.2) is 36.5 Å². The molecule has 1 aromatic carbocycles. The predicted molar refractivity (Wildman–Crippen MR) is 86.0 cm³/mol. The third kappa shape index (κ3) is 3.07. The van der Waals surface area contributed by atoms with Crippen molar-refractivity contribution < 1.29 is 4.79 Å². The molecular formula is C18H22N2O. The Hall–Kier alpha value is -1.90. The number of fused-ring (bicyclic) bond motifs is 1. The van der Waals surface area contributed by atoms with Crippen LogP contribution in [0.3, 0.4) is 0 Å². The quantitative estimate of drug-likeness (QED) is 0.914. The first-order chi connectivity index (χ1) is 10.1. The number of nitrogens with zero attached hydrogens (tertiary/aromatic N) is 1. The van der Waals surface area contributed by atoms with E-state index in [1.807, 2.05) is 30.3 Å². The zero-order valence-electron chi connectivity index (χ0n) is 12.7. The lowest BCUT2D eigenvalue weighted by atomic mass is 9.94. The Bertz CT molecular complexity index is 647. The van der Waals surface area contributed by atoms with Crippen LogP contribution in [0.5, 0.6) is 0 Å². The topological polar surface area (TPSA) is 42.0 Å². The summed E-state index contributed by atoms with van der Waals surface area (Å²) in [6, 6.07) is 9.82. The van der Waals surface area contributed by atoms with Crippen LogP contribution in [0, 0.1) is 17.8 Å². The summed E-state index contributed by atoms with van der Waals surface area (Å²) < 4.78 is 0. The van der Waals surface area contributed by atoms with Crippen molar-refractivity contribution in [3.8, 4) is 0 Å². The van der Waals surface area contributed by atoms with E-state index in [0.29, 0.717) is 18.3 Å². The maximum Gasteiger partial charge on any atom is 0.224 e. The van der Waals surface area contributed by atoms with Gasteiger partial charge in [0.1, 0.15) is 0 Å². The summed E-state index contributed by atoms with van der Waals surface area (Å²) >= 11 is 0. The Morgan fingerprint density at radius 3 is 2.81 bits per heavy atom. The number of amides is 1. The van der Waals surface area contributed by atoms with Gasteiger partial charge in [-0.2, -0.15) is 0 Å². The number of carbonyl (C=O) groups is 1. The molecule has 3 rings (SSSR count). The molecule has 3 unspecified atom stereocenters. The average molecular weight is 282 g/mol. The highest BCUT2D eigenvalue weighted by atomic mass is 16.1. The second kappa shape index (κ2) is 5.84. The van der Waals surface area contributed by atoms with E-state index < -0.39 is 0 Å². The maximum atomic E-state index is 12.3. The molecule has 0 saturated heterocycles. The molecule has 3 heteroatoms. The highest BCUT2D eigenvalue weighted by Crippen LogP contribution is 2.38. The van der Waals surface area contributed by atoms with E-state index in [4.69, 9.17) is 0 Å². The highest BCUT2D eigenvalue weighted by Gasteiger charge is 2.30. The van der Waals surface area contributed by atoms with Crippen LogP contribution in [-0.2, 0) is 4.79 Å². The second-order valence-corrected chi connectivity index (χ2v) is 6.45. The number of nitrogens with one attached hydrogen (secondary N) is 1. The fraction of sp³-hybridized carbons (Fsp3) is 0.444. The fourth-order valence-corrected chi connectivity index (χ4v) is 3.60. The molecule has 1 aromatic heterocycles. The monoisotopic (exact) mass is 282 g/mol. The van der Waals surface area contributed by atoms with Crippen LogP contribution < -0.4 is 5.32 Å². The van der Waals surface area contributed by atoms with Crippen molar-refractivity contribution in [1.82, 2.24) is 4.98 Å². The van der Waals surface area contributed by atoms with Crippen molar-refractivity contribution in [2.24, 2.45) is 17.8 Å². The van der Waals surface area contributed by atoms with Gasteiger partial charge in [0.25, 0.3) is 0 Å². The number of hydrogen-bond acceptors (Lipinski definition) is 2. The van der Waals surface area contributed by atoms with Crippen molar-refractivity contribution in [3.05, 3.63) is 36.5 Å². The van der Waals surface area contributed by atoms with E-state index in [1.165, 1.54) is 12.8 Å². The SMILES string of the molecule is CC1CC(C)C(CC(=O)Nc2cccc3cccnc23)C1. The normalized spacial score (nSPS) is 25.1. The lowest BCUT2D eigenvalue weighted by molar-refractivity contribution is -0.117. The molecule has 1 N–H and O–H groups in total. The number of hydrogen-bond donors (Lipinski definition) is 1. The van der Waals surface area contributed by atoms with Crippen molar-refractivity contribution in [3.63, 3.8) is 0 Å². The van der Waals surface area contributed by atoms with Crippen LogP contribution in [0.1, 0.15) is 33.1 Å². The summed E-state index contributed by atoms with van der Waals surface area (Å²) in [6.45, 7) is 4.55. The molecule has 21 heavy (non-hydrogen) atoms. The molecule has 3 atom stereocenters. The Morgan fingerprint density at radius 1 is 1.24 bits per heavy atom. The first-order valence-electron chi connectivity index (χ1n) is 7.77. The van der Waals surface area contributed by atoms with Crippen molar-refractivity contribution in [2.75, 3.05) is 5.32 Å². The largest absolute Gasteiger partial charge is 0.324 e. The Balaban J connectivity index is 1.72. The number of rotatable bonds is 3. The first kappa shape index (κ1) is 14.1. The third-order valence-electron chi connectivity index (χ3n) is 4.64. The van der Waals surface area contributed by atoms with Gasteiger partial charge in [-0.3, -0.25) is 9.78 Å². The average Bonchev–Trinajstić information content (AvgIpc) is 2.77. The molecule has 1 fully saturated rings. The van der Waals surface area contributed by atoms with Gasteiger partial charge in [0.2, 0.25) is 5.91 Å². The van der Waals surface area contributed by atoms with Gasteiger partial charge in [0.05, 0.1) is 11.2 Å². The van der Waals surface area contributed by atoms with Crippen molar-refractivity contribution in [1.29, 1.82) is 0 Å². The van der Waals surface area contributed by atoms with Gasteiger partial charge < -0.3 is 5.32 Å². The van der Waals surface area contributed by atoms with Crippen molar-refractivity contribution in [2.45, 2.75) is 33.1 Å². The van der Waals surface area contributed by atoms with Crippen molar-refractivity contribution >= 4 is 22.5 Å². The highest BCUT2D eigenvalue weighted by molar-refractivity contribution is 6.00. The van der Waals surface area contributed by atoms with Crippen LogP contribution in [0.4, 0.5) is 5.69 Å². The van der Waals surface area contributed by atoms with E-state index >= 15 is 0 Å². The molecule has 1 aliphatic rings. The zero-order valence-corrected chi connectivity index (χ0v) is 12.7. The van der Waals surface area contributed by atoms with Gasteiger partial charge in [-0.1, -0.05) is 32.0 Å². The molecule has 1 heterocycles. The number of benzene rings is 1. The Morgan fingerprint density at radius 2 is 2.05 bits per heavy atom. The number of anilines is 1. The Labute approximate surface area is 125 Å². The third-order valence-corrected chi connectivity index (χ3v) is 4.64. The molecule has 0 radical (unpaired) electrons. The minimum absolute atomic E-state index is 0.110. The summed E-state index contributed by atoms with van der Waals surface area (Å²) in [4.78, 5) is 16.7. The molecule has 0 aliphatic heterocycles. The number of pyridine rings is 1. The Kier molecular flexibility index (Phi) is 3.91. The molecule has 0 spiro atoms. The molecule has 0 bridgehead atoms. The smallest absolute Gasteiger partial charge is 0.224 e. The van der Waals surface area contributed by atoms with Gasteiger partial charge in [0, 0.05) is 18.0 Å². The van der Waals surface area contributed by atoms with E-state index in [1.54, 1.807) is 6.20 Å². The molecule has 3 nitrogen and oxygen atoms in total. The second-order valence-electron chi connectivity index (χ2n) is 6.45. The van der Waals surface area contributed by atoms with E-state index in [9.17, 15) is 4.79 Å². The van der Waals surface area contributed by atoms with Gasteiger partial charge >= 0.3 is 0 Å². The molecular weight excluding hydrogens is 260 g/mol. The number of aromatic nitrogens is 1. The van der Waals surface area contributed by atoms with Gasteiger partial charge in [0.15, 0.2) is 0 Å². The number of para-hydroxylation sites is 1. The van der Waals surface area contributed by atoms with Crippen LogP contribution in [-0.4, -0.2) is 10.9 Å². The summed E-state index contributed by atoms with van der Waals surface area (Å²) in [7, 11) is 0. The van der Waals surface area contributed by atoms with Crippen LogP contribution >= 0.6 is 0 Å². The standard InChI is InChI=1S/C18H22N2O/c1-12-9-13(2)15(10-12)11-17(21)20-16-7-3-5-14-6-4-8-19-18(14)16/h3-8,12-13,15H,9-11H2,1-2H3,(H,20,21). The lowest BCUT2D eigenvalue weighted by Gasteiger charge is -2.15. The summed E-state index contributed by atoms with van der Waals surface area (Å²) in [5.41, 5.74) is 1.68. The minimum atomic E-state index is 0.110. The van der Waals surface area contributed by atoms with E-state index in [-0.39, 0.29) is 5.91 Å². The summed E-state index contributed by atoms with van der Waals surface area (Å²) in [5.74, 6) is 2.02. The summed E-state index contributed by atoms with van der Waals surface area (Å²) in [6.07, 6.45) is 4.80. The first-order valence-corrected chi connectivity index (χ1v) is 7.77. The van der Waals surface area contributed by atoms with Gasteiger partial charge in [-0.05, 0) is 42.7 Å². The molecule has 110 valence electrons. The predicted octanol–water partition coefficient (Wildman–Crippen LogP) is 4.25. The molecule has 2 aromatic rings. The van der Waals surface area contributed by atoms with Gasteiger partial charge in [-0.25, -0.2) is 0 Å². The van der Waals surface area contributed by atoms with Crippen LogP contribution in [0.2, 0.25) is 0 Å². The maximum absolute atomic E-state index is 12.3. The molecule has 1 amide bonds. The zero-order chi connectivity index (χ0) is 14.8. The summed E-state index contributed by atoms with van der Waals surface area (Å²) in [5, 5.41) is 4.10. The minimum Gasteiger partial charge on any atom is -0.324 e.